The topological polar surface area (TPSA) is 50.4 Å². The Morgan fingerprint density at radius 3 is 3.07 bits per heavy atom. The van der Waals surface area contributed by atoms with Gasteiger partial charge in [0.05, 0.1) is 6.61 Å². The Kier molecular flexibility index (Phi) is 4.90. The Bertz CT molecular complexity index is 183. The van der Waals surface area contributed by atoms with E-state index in [0.29, 0.717) is 12.5 Å². The van der Waals surface area contributed by atoms with Gasteiger partial charge in [-0.25, -0.2) is 0 Å². The van der Waals surface area contributed by atoms with Gasteiger partial charge in [-0.1, -0.05) is 13.8 Å². The highest BCUT2D eigenvalue weighted by molar-refractivity contribution is 5.81. The van der Waals surface area contributed by atoms with Crippen molar-refractivity contribution in [1.29, 1.82) is 0 Å². The molecule has 1 aliphatic heterocycles. The first-order chi connectivity index (χ1) is 6.70. The van der Waals surface area contributed by atoms with Gasteiger partial charge in [0.1, 0.15) is 6.04 Å². The third-order valence-electron chi connectivity index (χ3n) is 2.18. The fourth-order valence-corrected chi connectivity index (χ4v) is 1.37. The largest absolute Gasteiger partial charge is 0.355 e. The fourth-order valence-electron chi connectivity index (χ4n) is 1.37. The summed E-state index contributed by atoms with van der Waals surface area (Å²) in [4.78, 5) is 16.7. The summed E-state index contributed by atoms with van der Waals surface area (Å²) < 4.78 is 0. The van der Waals surface area contributed by atoms with Gasteiger partial charge >= 0.3 is 0 Å². The molecule has 0 radical (unpaired) electrons. The van der Waals surface area contributed by atoms with Crippen LogP contribution < -0.4 is 10.8 Å². The lowest BCUT2D eigenvalue weighted by Gasteiger charge is -2.15. The van der Waals surface area contributed by atoms with Gasteiger partial charge in [-0.3, -0.25) is 4.79 Å². The van der Waals surface area contributed by atoms with Crippen molar-refractivity contribution in [2.45, 2.75) is 39.2 Å². The van der Waals surface area contributed by atoms with Crippen molar-refractivity contribution in [1.82, 2.24) is 10.8 Å². The van der Waals surface area contributed by atoms with E-state index in [1.54, 1.807) is 0 Å². The molecule has 1 atom stereocenters. The number of hydrogen-bond donors (Lipinski definition) is 2. The zero-order chi connectivity index (χ0) is 10.4. The Morgan fingerprint density at radius 1 is 1.57 bits per heavy atom. The van der Waals surface area contributed by atoms with E-state index < -0.39 is 0 Å². The average molecular weight is 200 g/mol. The van der Waals surface area contributed by atoms with Crippen molar-refractivity contribution >= 4 is 5.91 Å². The predicted octanol–water partition coefficient (Wildman–Crippen LogP) is 0.832. The minimum absolute atomic E-state index is 0.0613. The number of carbonyl (C=O) groups excluding carboxylic acids is 1. The van der Waals surface area contributed by atoms with Crippen molar-refractivity contribution in [2.24, 2.45) is 5.92 Å². The second-order valence-electron chi connectivity index (χ2n) is 4.16. The van der Waals surface area contributed by atoms with Crippen LogP contribution in [0.4, 0.5) is 0 Å². The first kappa shape index (κ1) is 11.5. The van der Waals surface area contributed by atoms with E-state index in [9.17, 15) is 4.79 Å². The van der Waals surface area contributed by atoms with Crippen molar-refractivity contribution in [3.63, 3.8) is 0 Å². The third-order valence-corrected chi connectivity index (χ3v) is 2.18. The molecule has 1 saturated heterocycles. The Hall–Kier alpha value is -0.610. The first-order valence-electron chi connectivity index (χ1n) is 5.35. The summed E-state index contributed by atoms with van der Waals surface area (Å²) in [7, 11) is 0. The lowest BCUT2D eigenvalue weighted by atomic mass is 10.1. The van der Waals surface area contributed by atoms with E-state index in [1.165, 1.54) is 0 Å². The molecule has 1 aliphatic rings. The van der Waals surface area contributed by atoms with Gasteiger partial charge in [0.15, 0.2) is 0 Å². The van der Waals surface area contributed by atoms with E-state index in [2.05, 4.69) is 24.6 Å². The van der Waals surface area contributed by atoms with Crippen molar-refractivity contribution in [2.75, 3.05) is 13.2 Å². The molecule has 0 bridgehead atoms. The maximum atomic E-state index is 11.4. The molecule has 1 rings (SSSR count). The quantitative estimate of drug-likeness (QED) is 0.661. The zero-order valence-corrected chi connectivity index (χ0v) is 9.01. The highest BCUT2D eigenvalue weighted by Gasteiger charge is 2.20. The van der Waals surface area contributed by atoms with Crippen LogP contribution in [0.2, 0.25) is 0 Å². The lowest BCUT2D eigenvalue weighted by Crippen LogP contribution is -2.43. The second kappa shape index (κ2) is 5.98. The lowest BCUT2D eigenvalue weighted by molar-refractivity contribution is -0.127. The molecular weight excluding hydrogens is 180 g/mol. The van der Waals surface area contributed by atoms with E-state index in [-0.39, 0.29) is 11.9 Å². The summed E-state index contributed by atoms with van der Waals surface area (Å²) in [5, 5.41) is 2.85. The Balaban J connectivity index is 2.23. The smallest absolute Gasteiger partial charge is 0.239 e. The molecule has 0 aromatic rings. The molecule has 0 spiro atoms. The van der Waals surface area contributed by atoms with Crippen LogP contribution in [0.25, 0.3) is 0 Å². The fraction of sp³-hybridized carbons (Fsp3) is 0.900. The van der Waals surface area contributed by atoms with Crippen LogP contribution in [0, 0.1) is 5.92 Å². The van der Waals surface area contributed by atoms with Crippen molar-refractivity contribution < 1.29 is 9.63 Å². The zero-order valence-electron chi connectivity index (χ0n) is 9.01. The minimum atomic E-state index is -0.170. The van der Waals surface area contributed by atoms with Crippen LogP contribution in [-0.2, 0) is 9.63 Å². The predicted molar refractivity (Wildman–Crippen MR) is 54.6 cm³/mol. The molecule has 0 aromatic carbocycles. The van der Waals surface area contributed by atoms with E-state index in [4.69, 9.17) is 4.84 Å². The third kappa shape index (κ3) is 4.07. The van der Waals surface area contributed by atoms with E-state index in [0.717, 1.165) is 25.8 Å². The summed E-state index contributed by atoms with van der Waals surface area (Å²) in [5.74, 6) is 0.544. The molecular formula is C10H20N2O2. The van der Waals surface area contributed by atoms with Gasteiger partial charge in [0.2, 0.25) is 5.91 Å². The van der Waals surface area contributed by atoms with Crippen LogP contribution in [0.3, 0.4) is 0 Å². The molecule has 1 heterocycles. The number of rotatable bonds is 4. The number of amides is 1. The molecule has 2 N–H and O–H groups in total. The van der Waals surface area contributed by atoms with Gasteiger partial charge in [-0.05, 0) is 25.2 Å². The van der Waals surface area contributed by atoms with E-state index in [1.807, 2.05) is 0 Å². The standard InChI is InChI=1S/C10H20N2O2/c1-8(2)7-14-12-9-5-3-4-6-11-10(9)13/h8-9,12H,3-7H2,1-2H3,(H,11,13). The van der Waals surface area contributed by atoms with Crippen molar-refractivity contribution in [3.05, 3.63) is 0 Å². The molecule has 0 saturated carbocycles. The minimum Gasteiger partial charge on any atom is -0.355 e. The van der Waals surface area contributed by atoms with Crippen LogP contribution in [0.1, 0.15) is 33.1 Å². The molecule has 82 valence electrons. The molecule has 1 unspecified atom stereocenters. The van der Waals surface area contributed by atoms with Crippen LogP contribution in [0.15, 0.2) is 0 Å². The molecule has 14 heavy (non-hydrogen) atoms. The second-order valence-corrected chi connectivity index (χ2v) is 4.16. The van der Waals surface area contributed by atoms with Gasteiger partial charge in [0, 0.05) is 6.54 Å². The Labute approximate surface area is 85.3 Å². The molecule has 4 heteroatoms. The molecule has 4 nitrogen and oxygen atoms in total. The number of nitrogens with one attached hydrogen (secondary N) is 2. The van der Waals surface area contributed by atoms with Gasteiger partial charge in [-0.2, -0.15) is 5.48 Å². The highest BCUT2D eigenvalue weighted by atomic mass is 16.6. The molecule has 1 amide bonds. The Morgan fingerprint density at radius 2 is 2.36 bits per heavy atom. The van der Waals surface area contributed by atoms with E-state index >= 15 is 0 Å². The maximum Gasteiger partial charge on any atom is 0.239 e. The first-order valence-corrected chi connectivity index (χ1v) is 5.35. The summed E-state index contributed by atoms with van der Waals surface area (Å²) in [6, 6.07) is -0.170. The monoisotopic (exact) mass is 200 g/mol. The summed E-state index contributed by atoms with van der Waals surface area (Å²) in [6.07, 6.45) is 3.00. The van der Waals surface area contributed by atoms with Gasteiger partial charge in [-0.15, -0.1) is 0 Å². The summed E-state index contributed by atoms with van der Waals surface area (Å²) in [6.45, 7) is 5.59. The highest BCUT2D eigenvalue weighted by Crippen LogP contribution is 2.05. The summed E-state index contributed by atoms with van der Waals surface area (Å²) in [5.41, 5.74) is 2.83. The van der Waals surface area contributed by atoms with Crippen molar-refractivity contribution in [3.8, 4) is 0 Å². The molecule has 1 fully saturated rings. The van der Waals surface area contributed by atoms with Crippen LogP contribution in [-0.4, -0.2) is 25.1 Å². The van der Waals surface area contributed by atoms with Crippen LogP contribution >= 0.6 is 0 Å². The SMILES string of the molecule is CC(C)CONC1CCCCNC1=O. The van der Waals surface area contributed by atoms with Crippen LogP contribution in [0.5, 0.6) is 0 Å². The number of hydrogen-bond acceptors (Lipinski definition) is 3. The average Bonchev–Trinajstić information content (AvgIpc) is 2.31. The molecule has 0 aromatic heterocycles. The number of hydroxylamine groups is 1. The van der Waals surface area contributed by atoms with Gasteiger partial charge < -0.3 is 10.2 Å². The number of carbonyl (C=O) groups is 1. The summed E-state index contributed by atoms with van der Waals surface area (Å²) >= 11 is 0. The normalized spacial score (nSPS) is 23.4. The molecule has 0 aliphatic carbocycles. The van der Waals surface area contributed by atoms with Gasteiger partial charge in [0.25, 0.3) is 0 Å². The maximum absolute atomic E-state index is 11.4.